The lowest BCUT2D eigenvalue weighted by Crippen LogP contribution is -2.28. The SMILES string of the molecule is CC(C)Oc1ccc(NCC(=O)N(C)C)cc1. The minimum absolute atomic E-state index is 0.0486. The van der Waals surface area contributed by atoms with Crippen molar-refractivity contribution in [1.29, 1.82) is 0 Å². The molecule has 1 aromatic rings. The first kappa shape index (κ1) is 13.4. The fraction of sp³-hybridized carbons (Fsp3) is 0.462. The number of ether oxygens (including phenoxy) is 1. The summed E-state index contributed by atoms with van der Waals surface area (Å²) < 4.78 is 5.53. The Kier molecular flexibility index (Phi) is 4.82. The van der Waals surface area contributed by atoms with Crippen molar-refractivity contribution >= 4 is 11.6 Å². The highest BCUT2D eigenvalue weighted by Gasteiger charge is 2.03. The number of amides is 1. The zero-order valence-electron chi connectivity index (χ0n) is 10.9. The van der Waals surface area contributed by atoms with Crippen molar-refractivity contribution in [1.82, 2.24) is 4.90 Å². The number of anilines is 1. The maximum Gasteiger partial charge on any atom is 0.241 e. The normalized spacial score (nSPS) is 10.2. The van der Waals surface area contributed by atoms with Gasteiger partial charge in [-0.2, -0.15) is 0 Å². The van der Waals surface area contributed by atoms with Gasteiger partial charge in [-0.25, -0.2) is 0 Å². The molecule has 17 heavy (non-hydrogen) atoms. The van der Waals surface area contributed by atoms with Gasteiger partial charge in [0.05, 0.1) is 12.6 Å². The van der Waals surface area contributed by atoms with Crippen LogP contribution >= 0.6 is 0 Å². The largest absolute Gasteiger partial charge is 0.491 e. The summed E-state index contributed by atoms with van der Waals surface area (Å²) >= 11 is 0. The summed E-state index contributed by atoms with van der Waals surface area (Å²) in [7, 11) is 3.48. The molecular formula is C13H20N2O2. The molecule has 0 atom stereocenters. The van der Waals surface area contributed by atoms with Crippen LogP contribution in [0.15, 0.2) is 24.3 Å². The van der Waals surface area contributed by atoms with Crippen LogP contribution in [0.3, 0.4) is 0 Å². The van der Waals surface area contributed by atoms with Crippen molar-refractivity contribution in [2.75, 3.05) is 26.0 Å². The zero-order valence-corrected chi connectivity index (χ0v) is 10.9. The van der Waals surface area contributed by atoms with Crippen LogP contribution in [0.1, 0.15) is 13.8 Å². The van der Waals surface area contributed by atoms with Gasteiger partial charge in [0.25, 0.3) is 0 Å². The van der Waals surface area contributed by atoms with Crippen molar-refractivity contribution in [3.63, 3.8) is 0 Å². The molecule has 1 amide bonds. The van der Waals surface area contributed by atoms with E-state index in [9.17, 15) is 4.79 Å². The maximum atomic E-state index is 11.4. The molecule has 0 aliphatic carbocycles. The highest BCUT2D eigenvalue weighted by atomic mass is 16.5. The van der Waals surface area contributed by atoms with E-state index in [1.54, 1.807) is 19.0 Å². The molecule has 0 saturated heterocycles. The maximum absolute atomic E-state index is 11.4. The molecule has 1 rings (SSSR count). The summed E-state index contributed by atoms with van der Waals surface area (Å²) in [5.41, 5.74) is 0.913. The zero-order chi connectivity index (χ0) is 12.8. The summed E-state index contributed by atoms with van der Waals surface area (Å²) in [5.74, 6) is 0.886. The first-order chi connectivity index (χ1) is 7.99. The van der Waals surface area contributed by atoms with E-state index in [0.29, 0.717) is 6.54 Å². The molecule has 0 unspecified atom stereocenters. The van der Waals surface area contributed by atoms with Gasteiger partial charge in [-0.05, 0) is 38.1 Å². The molecular weight excluding hydrogens is 216 g/mol. The predicted molar refractivity (Wildman–Crippen MR) is 69.4 cm³/mol. The minimum atomic E-state index is 0.0486. The van der Waals surface area contributed by atoms with Crippen molar-refractivity contribution in [3.05, 3.63) is 24.3 Å². The molecule has 1 aromatic carbocycles. The van der Waals surface area contributed by atoms with Crippen molar-refractivity contribution in [3.8, 4) is 5.75 Å². The third kappa shape index (κ3) is 4.76. The molecule has 0 bridgehead atoms. The number of benzene rings is 1. The molecule has 0 radical (unpaired) electrons. The number of rotatable bonds is 5. The molecule has 0 fully saturated rings. The first-order valence-corrected chi connectivity index (χ1v) is 5.70. The average molecular weight is 236 g/mol. The van der Waals surface area contributed by atoms with E-state index in [1.165, 1.54) is 0 Å². The van der Waals surface area contributed by atoms with Crippen LogP contribution in [0, 0.1) is 0 Å². The number of hydrogen-bond donors (Lipinski definition) is 1. The van der Waals surface area contributed by atoms with Gasteiger partial charge in [0, 0.05) is 19.8 Å². The highest BCUT2D eigenvalue weighted by molar-refractivity contribution is 5.80. The van der Waals surface area contributed by atoms with E-state index < -0.39 is 0 Å². The van der Waals surface area contributed by atoms with Crippen LogP contribution in [0.25, 0.3) is 0 Å². The molecule has 0 heterocycles. The van der Waals surface area contributed by atoms with E-state index in [4.69, 9.17) is 4.74 Å². The van der Waals surface area contributed by atoms with Crippen molar-refractivity contribution in [2.24, 2.45) is 0 Å². The Morgan fingerprint density at radius 2 is 1.88 bits per heavy atom. The van der Waals surface area contributed by atoms with Gasteiger partial charge in [-0.3, -0.25) is 4.79 Å². The Morgan fingerprint density at radius 1 is 1.29 bits per heavy atom. The molecule has 4 nitrogen and oxygen atoms in total. The molecule has 0 spiro atoms. The number of likely N-dealkylation sites (N-methyl/N-ethyl adjacent to an activating group) is 1. The fourth-order valence-electron chi connectivity index (χ4n) is 1.26. The number of hydrogen-bond acceptors (Lipinski definition) is 3. The van der Waals surface area contributed by atoms with Crippen molar-refractivity contribution in [2.45, 2.75) is 20.0 Å². The third-order valence-corrected chi connectivity index (χ3v) is 2.17. The third-order valence-electron chi connectivity index (χ3n) is 2.17. The second-order valence-corrected chi connectivity index (χ2v) is 4.33. The topological polar surface area (TPSA) is 41.6 Å². The van der Waals surface area contributed by atoms with E-state index in [0.717, 1.165) is 11.4 Å². The number of carbonyl (C=O) groups is 1. The summed E-state index contributed by atoms with van der Waals surface area (Å²) in [6, 6.07) is 7.59. The molecule has 1 N–H and O–H groups in total. The Hall–Kier alpha value is -1.71. The standard InChI is InChI=1S/C13H20N2O2/c1-10(2)17-12-7-5-11(6-8-12)14-9-13(16)15(3)4/h5-8,10,14H,9H2,1-4H3. The van der Waals surface area contributed by atoms with Gasteiger partial charge in [-0.15, -0.1) is 0 Å². The molecule has 0 aliphatic rings. The van der Waals surface area contributed by atoms with Crippen LogP contribution in [0.5, 0.6) is 5.75 Å². The van der Waals surface area contributed by atoms with Gasteiger partial charge in [-0.1, -0.05) is 0 Å². The molecule has 4 heteroatoms. The molecule has 94 valence electrons. The first-order valence-electron chi connectivity index (χ1n) is 5.70. The number of nitrogens with one attached hydrogen (secondary N) is 1. The number of nitrogens with zero attached hydrogens (tertiary/aromatic N) is 1. The Labute approximate surface area is 103 Å². The average Bonchev–Trinajstić information content (AvgIpc) is 2.26. The van der Waals surface area contributed by atoms with Crippen LogP contribution in [-0.4, -0.2) is 37.6 Å². The summed E-state index contributed by atoms with van der Waals surface area (Å²) in [6.45, 7) is 4.28. The van der Waals surface area contributed by atoms with E-state index >= 15 is 0 Å². The quantitative estimate of drug-likeness (QED) is 0.850. The van der Waals surface area contributed by atoms with E-state index in [2.05, 4.69) is 5.32 Å². The van der Waals surface area contributed by atoms with Crippen LogP contribution in [0.4, 0.5) is 5.69 Å². The lowest BCUT2D eigenvalue weighted by Gasteiger charge is -2.13. The van der Waals surface area contributed by atoms with Gasteiger partial charge in [0.15, 0.2) is 0 Å². The summed E-state index contributed by atoms with van der Waals surface area (Å²) in [5, 5.41) is 3.06. The minimum Gasteiger partial charge on any atom is -0.491 e. The second kappa shape index (κ2) is 6.13. The molecule has 0 aliphatic heterocycles. The summed E-state index contributed by atoms with van der Waals surface area (Å²) in [6.07, 6.45) is 0.170. The fourth-order valence-corrected chi connectivity index (χ4v) is 1.26. The smallest absolute Gasteiger partial charge is 0.241 e. The van der Waals surface area contributed by atoms with Gasteiger partial charge in [0.2, 0.25) is 5.91 Å². The van der Waals surface area contributed by atoms with Crippen molar-refractivity contribution < 1.29 is 9.53 Å². The van der Waals surface area contributed by atoms with Crippen LogP contribution in [0.2, 0.25) is 0 Å². The van der Waals surface area contributed by atoms with Crippen LogP contribution < -0.4 is 10.1 Å². The summed E-state index contributed by atoms with van der Waals surface area (Å²) in [4.78, 5) is 12.9. The lowest BCUT2D eigenvalue weighted by atomic mass is 10.3. The van der Waals surface area contributed by atoms with Crippen LogP contribution in [-0.2, 0) is 4.79 Å². The monoisotopic (exact) mass is 236 g/mol. The van der Waals surface area contributed by atoms with Gasteiger partial charge in [0.1, 0.15) is 5.75 Å². The molecule has 0 aromatic heterocycles. The van der Waals surface area contributed by atoms with Gasteiger partial charge < -0.3 is 15.0 Å². The highest BCUT2D eigenvalue weighted by Crippen LogP contribution is 2.16. The Morgan fingerprint density at radius 3 is 2.35 bits per heavy atom. The van der Waals surface area contributed by atoms with E-state index in [1.807, 2.05) is 38.1 Å². The lowest BCUT2D eigenvalue weighted by molar-refractivity contribution is -0.126. The second-order valence-electron chi connectivity index (χ2n) is 4.33. The van der Waals surface area contributed by atoms with Gasteiger partial charge >= 0.3 is 0 Å². The Bertz CT molecular complexity index is 358. The Balaban J connectivity index is 2.48. The predicted octanol–water partition coefficient (Wildman–Crippen LogP) is 1.97. The van der Waals surface area contributed by atoms with E-state index in [-0.39, 0.29) is 12.0 Å². The molecule has 0 saturated carbocycles. The number of carbonyl (C=O) groups excluding carboxylic acids is 1.